The number of nitrogens with zero attached hydrogens (tertiary/aromatic N) is 3. The summed E-state index contributed by atoms with van der Waals surface area (Å²) in [5.74, 6) is -2.11. The maximum atomic E-state index is 10.0. The zero-order valence-corrected chi connectivity index (χ0v) is 14.0. The number of benzene rings is 1. The van der Waals surface area contributed by atoms with Gasteiger partial charge in [0.25, 0.3) is 0 Å². The van der Waals surface area contributed by atoms with Crippen molar-refractivity contribution in [1.29, 1.82) is 21.2 Å². The van der Waals surface area contributed by atoms with E-state index in [4.69, 9.17) is 19.6 Å². The molecule has 3 fully saturated rings. The van der Waals surface area contributed by atoms with Crippen molar-refractivity contribution in [3.05, 3.63) is 29.8 Å². The Balaban J connectivity index is 2.37. The van der Waals surface area contributed by atoms with Crippen molar-refractivity contribution >= 4 is 5.90 Å². The van der Waals surface area contributed by atoms with Crippen molar-refractivity contribution in [2.45, 2.75) is 25.7 Å². The van der Waals surface area contributed by atoms with E-state index in [1.807, 2.05) is 18.2 Å². The molecule has 7 heteroatoms. The molecule has 4 rings (SSSR count). The number of nitriles is 3. The molecule has 0 aromatic heterocycles. The van der Waals surface area contributed by atoms with E-state index < -0.39 is 34.5 Å². The summed E-state index contributed by atoms with van der Waals surface area (Å²) in [6, 6.07) is 12.9. The SMILES string of the molecule is COc1ccccc1C1OC2(C)OC(=N)C1(C#N)C(C#N)(C#N)C2C. The zero-order valence-electron chi connectivity index (χ0n) is 14.0. The van der Waals surface area contributed by atoms with Crippen molar-refractivity contribution in [2.24, 2.45) is 16.7 Å². The number of methoxy groups -OCH3 is 1. The average Bonchev–Trinajstić information content (AvgIpc) is 2.63. The van der Waals surface area contributed by atoms with Crippen molar-refractivity contribution in [3.63, 3.8) is 0 Å². The van der Waals surface area contributed by atoms with Crippen LogP contribution in [0.2, 0.25) is 0 Å². The quantitative estimate of drug-likeness (QED) is 0.885. The van der Waals surface area contributed by atoms with Gasteiger partial charge >= 0.3 is 0 Å². The number of ether oxygens (including phenoxy) is 3. The Hall–Kier alpha value is -3.08. The fourth-order valence-electron chi connectivity index (χ4n) is 3.83. The highest BCUT2D eigenvalue weighted by atomic mass is 16.7. The fraction of sp³-hybridized carbons (Fsp3) is 0.444. The smallest absolute Gasteiger partial charge is 0.215 e. The van der Waals surface area contributed by atoms with Crippen LogP contribution < -0.4 is 4.74 Å². The number of nitrogens with one attached hydrogen (secondary N) is 1. The van der Waals surface area contributed by atoms with Crippen LogP contribution in [0.4, 0.5) is 0 Å². The molecule has 3 aliphatic rings. The van der Waals surface area contributed by atoms with E-state index in [1.54, 1.807) is 38.1 Å². The molecule has 2 bridgehead atoms. The lowest BCUT2D eigenvalue weighted by Gasteiger charge is -2.60. The van der Waals surface area contributed by atoms with Crippen LogP contribution in [0.25, 0.3) is 0 Å². The number of hydrogen-bond acceptors (Lipinski definition) is 7. The van der Waals surface area contributed by atoms with Crippen LogP contribution in [0, 0.1) is 56.2 Å². The second kappa shape index (κ2) is 5.21. The molecule has 4 unspecified atom stereocenters. The van der Waals surface area contributed by atoms with Crippen molar-refractivity contribution < 1.29 is 14.2 Å². The van der Waals surface area contributed by atoms with E-state index in [1.165, 1.54) is 7.11 Å². The molecule has 4 atom stereocenters. The summed E-state index contributed by atoms with van der Waals surface area (Å²) in [7, 11) is 1.48. The van der Waals surface area contributed by atoms with Crippen molar-refractivity contribution in [1.82, 2.24) is 0 Å². The van der Waals surface area contributed by atoms with Crippen molar-refractivity contribution in [2.75, 3.05) is 7.11 Å². The Kier molecular flexibility index (Phi) is 3.49. The molecule has 0 aliphatic carbocycles. The lowest BCUT2D eigenvalue weighted by Crippen LogP contribution is -2.71. The molecular weight excluding hydrogens is 320 g/mol. The van der Waals surface area contributed by atoms with E-state index in [-0.39, 0.29) is 0 Å². The Bertz CT molecular complexity index is 864. The number of hydrogen-bond donors (Lipinski definition) is 1. The summed E-state index contributed by atoms with van der Waals surface area (Å²) in [6.45, 7) is 3.21. The first-order valence-corrected chi connectivity index (χ1v) is 7.69. The molecule has 1 aromatic rings. The molecule has 0 radical (unpaired) electrons. The van der Waals surface area contributed by atoms with E-state index >= 15 is 0 Å². The third kappa shape index (κ3) is 1.72. The van der Waals surface area contributed by atoms with Crippen LogP contribution in [-0.2, 0) is 9.47 Å². The monoisotopic (exact) mass is 336 g/mol. The molecule has 3 aliphatic heterocycles. The van der Waals surface area contributed by atoms with Crippen LogP contribution in [0.15, 0.2) is 24.3 Å². The molecule has 126 valence electrons. The standard InChI is InChI=1S/C18H16N4O3/c1-11-16(2)24-14(12-6-4-5-7-13(12)23-3)18(10-21,15(22)25-16)17(11,8-19)9-20/h4-7,11,14,22H,1-3H3. The molecule has 0 amide bonds. The first-order valence-electron chi connectivity index (χ1n) is 7.69. The van der Waals surface area contributed by atoms with Crippen LogP contribution in [-0.4, -0.2) is 18.8 Å². The van der Waals surface area contributed by atoms with Gasteiger partial charge in [0.05, 0.1) is 31.2 Å². The maximum Gasteiger partial charge on any atom is 0.215 e. The normalized spacial score (nSPS) is 35.0. The number of rotatable bonds is 2. The van der Waals surface area contributed by atoms with Gasteiger partial charge in [-0.2, -0.15) is 15.8 Å². The van der Waals surface area contributed by atoms with Crippen LogP contribution in [0.1, 0.15) is 25.5 Å². The maximum absolute atomic E-state index is 10.0. The molecule has 3 saturated heterocycles. The molecule has 25 heavy (non-hydrogen) atoms. The Morgan fingerprint density at radius 3 is 2.36 bits per heavy atom. The molecular formula is C18H16N4O3. The second-order valence-electron chi connectivity index (χ2n) is 6.36. The first-order chi connectivity index (χ1) is 11.9. The third-order valence-corrected chi connectivity index (χ3v) is 5.42. The largest absolute Gasteiger partial charge is 0.496 e. The van der Waals surface area contributed by atoms with E-state index in [2.05, 4.69) is 0 Å². The molecule has 1 N–H and O–H groups in total. The average molecular weight is 336 g/mol. The third-order valence-electron chi connectivity index (χ3n) is 5.42. The summed E-state index contributed by atoms with van der Waals surface area (Å²) in [6.07, 6.45) is -1.05. The van der Waals surface area contributed by atoms with Gasteiger partial charge < -0.3 is 14.2 Å². The van der Waals surface area contributed by atoms with E-state index in [9.17, 15) is 15.8 Å². The fourth-order valence-corrected chi connectivity index (χ4v) is 3.83. The summed E-state index contributed by atoms with van der Waals surface area (Å²) in [5, 5.41) is 38.2. The highest BCUT2D eigenvalue weighted by molar-refractivity contribution is 5.89. The minimum Gasteiger partial charge on any atom is -0.496 e. The predicted molar refractivity (Wildman–Crippen MR) is 84.9 cm³/mol. The summed E-state index contributed by atoms with van der Waals surface area (Å²) >= 11 is 0. The van der Waals surface area contributed by atoms with Gasteiger partial charge in [0.15, 0.2) is 10.8 Å². The minimum atomic E-state index is -1.90. The first kappa shape index (κ1) is 16.8. The van der Waals surface area contributed by atoms with Gasteiger partial charge in [0.1, 0.15) is 11.9 Å². The Labute approximate surface area is 145 Å². The molecule has 3 heterocycles. The van der Waals surface area contributed by atoms with Gasteiger partial charge in [-0.1, -0.05) is 25.1 Å². The van der Waals surface area contributed by atoms with Crippen LogP contribution >= 0.6 is 0 Å². The van der Waals surface area contributed by atoms with Crippen LogP contribution in [0.3, 0.4) is 0 Å². The van der Waals surface area contributed by atoms with E-state index in [0.717, 1.165) is 0 Å². The molecule has 1 aromatic carbocycles. The van der Waals surface area contributed by atoms with Crippen molar-refractivity contribution in [3.8, 4) is 24.0 Å². The zero-order chi connectivity index (χ0) is 18.5. The molecule has 0 saturated carbocycles. The summed E-state index contributed by atoms with van der Waals surface area (Å²) < 4.78 is 17.0. The Morgan fingerprint density at radius 2 is 1.80 bits per heavy atom. The number of fused-ring (bicyclic) bond motifs is 3. The number of para-hydroxylation sites is 1. The van der Waals surface area contributed by atoms with Crippen LogP contribution in [0.5, 0.6) is 5.75 Å². The Morgan fingerprint density at radius 1 is 1.16 bits per heavy atom. The van der Waals surface area contributed by atoms with Gasteiger partial charge in [0, 0.05) is 12.5 Å². The summed E-state index contributed by atoms with van der Waals surface area (Å²) in [5.41, 5.74) is -3.20. The van der Waals surface area contributed by atoms with Gasteiger partial charge in [-0.05, 0) is 6.07 Å². The van der Waals surface area contributed by atoms with Gasteiger partial charge in [-0.15, -0.1) is 0 Å². The minimum absolute atomic E-state index is 0.430. The molecule has 0 spiro atoms. The van der Waals surface area contributed by atoms with Gasteiger partial charge in [-0.3, -0.25) is 5.41 Å². The molecule has 7 nitrogen and oxygen atoms in total. The lowest BCUT2D eigenvalue weighted by molar-refractivity contribution is -0.338. The lowest BCUT2D eigenvalue weighted by atomic mass is 9.51. The van der Waals surface area contributed by atoms with Gasteiger partial charge in [0.2, 0.25) is 11.7 Å². The summed E-state index contributed by atoms with van der Waals surface area (Å²) in [4.78, 5) is 0. The van der Waals surface area contributed by atoms with Gasteiger partial charge in [-0.25, -0.2) is 0 Å². The topological polar surface area (TPSA) is 123 Å². The highest BCUT2D eigenvalue weighted by Gasteiger charge is 2.78. The highest BCUT2D eigenvalue weighted by Crippen LogP contribution is 2.66. The second-order valence-corrected chi connectivity index (χ2v) is 6.36. The van der Waals surface area contributed by atoms with E-state index in [0.29, 0.717) is 11.3 Å². The predicted octanol–water partition coefficient (Wildman–Crippen LogP) is 2.67.